The Hall–Kier alpha value is -1.26. The largest absolute Gasteiger partial charge is 0.359 e. The molecular weight excluding hydrogens is 240 g/mol. The fraction of sp³-hybridized carbons (Fsp3) is 0.857. The smallest absolute Gasteiger partial charge is 0.227 e. The number of hydrogen-bond acceptors (Lipinski definition) is 2. The van der Waals surface area contributed by atoms with E-state index in [2.05, 4.69) is 27.4 Å². The molecule has 0 unspecified atom stereocenters. The molecule has 0 saturated heterocycles. The van der Waals surface area contributed by atoms with Gasteiger partial charge < -0.3 is 15.5 Å². The Morgan fingerprint density at radius 1 is 1.32 bits per heavy atom. The molecule has 0 aromatic rings. The van der Waals surface area contributed by atoms with Crippen molar-refractivity contribution >= 4 is 11.9 Å². The van der Waals surface area contributed by atoms with E-state index in [1.807, 2.05) is 27.8 Å². The number of rotatable bonds is 7. The van der Waals surface area contributed by atoms with Crippen LogP contribution in [0.3, 0.4) is 0 Å². The van der Waals surface area contributed by atoms with E-state index in [1.165, 1.54) is 0 Å². The van der Waals surface area contributed by atoms with Crippen molar-refractivity contribution in [2.45, 2.75) is 40.5 Å². The summed E-state index contributed by atoms with van der Waals surface area (Å²) in [6.45, 7) is 10.3. The van der Waals surface area contributed by atoms with Crippen LogP contribution in [0.15, 0.2) is 4.99 Å². The fourth-order valence-corrected chi connectivity index (χ4v) is 1.65. The molecule has 2 N–H and O–H groups in total. The Kier molecular flexibility index (Phi) is 8.19. The quantitative estimate of drug-likeness (QED) is 0.544. The lowest BCUT2D eigenvalue weighted by molar-refractivity contribution is -0.128. The summed E-state index contributed by atoms with van der Waals surface area (Å²) >= 11 is 0. The number of guanidine groups is 1. The number of carbonyl (C=O) groups excluding carboxylic acids is 1. The minimum absolute atomic E-state index is 0.0170. The molecule has 0 heterocycles. The number of carbonyl (C=O) groups is 1. The van der Waals surface area contributed by atoms with E-state index in [4.69, 9.17) is 0 Å². The summed E-state index contributed by atoms with van der Waals surface area (Å²) in [6, 6.07) is 0. The summed E-state index contributed by atoms with van der Waals surface area (Å²) < 4.78 is 0. The molecule has 5 nitrogen and oxygen atoms in total. The minimum Gasteiger partial charge on any atom is -0.359 e. The number of amides is 1. The van der Waals surface area contributed by atoms with Crippen LogP contribution in [0.1, 0.15) is 40.5 Å². The van der Waals surface area contributed by atoms with Crippen molar-refractivity contribution in [1.29, 1.82) is 0 Å². The van der Waals surface area contributed by atoms with E-state index in [1.54, 1.807) is 7.05 Å². The maximum absolute atomic E-state index is 11.7. The molecule has 5 heteroatoms. The van der Waals surface area contributed by atoms with Crippen molar-refractivity contribution in [2.75, 3.05) is 33.7 Å². The first kappa shape index (κ1) is 17.7. The van der Waals surface area contributed by atoms with Crippen molar-refractivity contribution in [3.63, 3.8) is 0 Å². The van der Waals surface area contributed by atoms with Crippen LogP contribution in [0, 0.1) is 5.41 Å². The van der Waals surface area contributed by atoms with Gasteiger partial charge in [0.25, 0.3) is 0 Å². The van der Waals surface area contributed by atoms with Crippen LogP contribution in [-0.2, 0) is 4.79 Å². The Morgan fingerprint density at radius 2 is 1.95 bits per heavy atom. The second kappa shape index (κ2) is 8.77. The highest BCUT2D eigenvalue weighted by Crippen LogP contribution is 2.15. The van der Waals surface area contributed by atoms with Crippen molar-refractivity contribution < 1.29 is 4.79 Å². The predicted octanol–water partition coefficient (Wildman–Crippen LogP) is 1.46. The number of hydrogen-bond donors (Lipinski definition) is 2. The summed E-state index contributed by atoms with van der Waals surface area (Å²) in [5.41, 5.74) is -0.485. The number of unbranched alkanes of at least 4 members (excludes halogenated alkanes) is 1. The van der Waals surface area contributed by atoms with Crippen LogP contribution in [-0.4, -0.2) is 50.5 Å². The monoisotopic (exact) mass is 270 g/mol. The maximum atomic E-state index is 11.7. The third kappa shape index (κ3) is 6.45. The van der Waals surface area contributed by atoms with Crippen LogP contribution >= 0.6 is 0 Å². The highest BCUT2D eigenvalue weighted by molar-refractivity contribution is 5.83. The van der Waals surface area contributed by atoms with Crippen LogP contribution in [0.25, 0.3) is 0 Å². The molecule has 0 spiro atoms. The molecule has 19 heavy (non-hydrogen) atoms. The summed E-state index contributed by atoms with van der Waals surface area (Å²) in [4.78, 5) is 18.4. The van der Waals surface area contributed by atoms with Crippen LogP contribution in [0.5, 0.6) is 0 Å². The third-order valence-corrected chi connectivity index (χ3v) is 3.01. The van der Waals surface area contributed by atoms with Crippen LogP contribution in [0.2, 0.25) is 0 Å². The van der Waals surface area contributed by atoms with Gasteiger partial charge in [-0.1, -0.05) is 13.3 Å². The molecule has 0 aromatic heterocycles. The van der Waals surface area contributed by atoms with Gasteiger partial charge >= 0.3 is 0 Å². The Morgan fingerprint density at radius 3 is 2.42 bits per heavy atom. The molecule has 0 atom stereocenters. The SMILES string of the molecule is CCCCN(C)C(=NCC(C)(C)C(=O)NC)NCC. The number of nitrogens with one attached hydrogen (secondary N) is 2. The molecule has 0 aromatic carbocycles. The molecule has 0 aliphatic carbocycles. The average molecular weight is 270 g/mol. The van der Waals surface area contributed by atoms with Crippen molar-refractivity contribution in [2.24, 2.45) is 10.4 Å². The highest BCUT2D eigenvalue weighted by atomic mass is 16.2. The van der Waals surface area contributed by atoms with Gasteiger partial charge in [-0.05, 0) is 27.2 Å². The summed E-state index contributed by atoms with van der Waals surface area (Å²) in [5, 5.41) is 5.95. The van der Waals surface area contributed by atoms with Gasteiger partial charge in [0, 0.05) is 27.2 Å². The highest BCUT2D eigenvalue weighted by Gasteiger charge is 2.26. The van der Waals surface area contributed by atoms with Crippen LogP contribution in [0.4, 0.5) is 0 Å². The number of nitrogens with zero attached hydrogens (tertiary/aromatic N) is 2. The van der Waals surface area contributed by atoms with E-state index in [0.717, 1.165) is 31.9 Å². The van der Waals surface area contributed by atoms with Gasteiger partial charge in [0.05, 0.1) is 12.0 Å². The molecule has 0 fully saturated rings. The fourth-order valence-electron chi connectivity index (χ4n) is 1.65. The van der Waals surface area contributed by atoms with Crippen molar-refractivity contribution in [1.82, 2.24) is 15.5 Å². The third-order valence-electron chi connectivity index (χ3n) is 3.01. The van der Waals surface area contributed by atoms with Crippen molar-refractivity contribution in [3.05, 3.63) is 0 Å². The van der Waals surface area contributed by atoms with Gasteiger partial charge in [0.2, 0.25) is 5.91 Å². The molecule has 0 radical (unpaired) electrons. The lowest BCUT2D eigenvalue weighted by atomic mass is 9.93. The van der Waals surface area contributed by atoms with E-state index < -0.39 is 5.41 Å². The van der Waals surface area contributed by atoms with Crippen LogP contribution < -0.4 is 10.6 Å². The summed E-state index contributed by atoms with van der Waals surface area (Å²) in [7, 11) is 3.69. The van der Waals surface area contributed by atoms with Gasteiger partial charge in [-0.2, -0.15) is 0 Å². The summed E-state index contributed by atoms with van der Waals surface area (Å²) in [6.07, 6.45) is 2.30. The normalized spacial score (nSPS) is 12.2. The zero-order chi connectivity index (χ0) is 14.9. The average Bonchev–Trinajstić information content (AvgIpc) is 2.39. The van der Waals surface area contributed by atoms with E-state index in [0.29, 0.717) is 6.54 Å². The molecule has 0 bridgehead atoms. The minimum atomic E-state index is -0.485. The molecular formula is C14H30N4O. The van der Waals surface area contributed by atoms with E-state index in [9.17, 15) is 4.79 Å². The molecule has 0 saturated carbocycles. The molecule has 1 amide bonds. The number of aliphatic imine (C=N–C) groups is 1. The molecule has 0 aliphatic rings. The zero-order valence-corrected chi connectivity index (χ0v) is 13.3. The zero-order valence-electron chi connectivity index (χ0n) is 13.3. The van der Waals surface area contributed by atoms with E-state index in [-0.39, 0.29) is 5.91 Å². The lowest BCUT2D eigenvalue weighted by Gasteiger charge is -2.25. The Bertz CT molecular complexity index is 300. The second-order valence-corrected chi connectivity index (χ2v) is 5.41. The molecule has 0 rings (SSSR count). The summed E-state index contributed by atoms with van der Waals surface area (Å²) in [5.74, 6) is 0.885. The first-order valence-corrected chi connectivity index (χ1v) is 7.10. The molecule has 112 valence electrons. The molecule has 0 aliphatic heterocycles. The Balaban J connectivity index is 4.69. The second-order valence-electron chi connectivity index (χ2n) is 5.41. The van der Waals surface area contributed by atoms with Crippen molar-refractivity contribution in [3.8, 4) is 0 Å². The predicted molar refractivity (Wildman–Crippen MR) is 81.4 cm³/mol. The lowest BCUT2D eigenvalue weighted by Crippen LogP contribution is -2.42. The van der Waals surface area contributed by atoms with Gasteiger partial charge in [-0.25, -0.2) is 0 Å². The first-order valence-electron chi connectivity index (χ1n) is 7.10. The topological polar surface area (TPSA) is 56.7 Å². The van der Waals surface area contributed by atoms with E-state index >= 15 is 0 Å². The van der Waals surface area contributed by atoms with Gasteiger partial charge in [0.1, 0.15) is 0 Å². The first-order chi connectivity index (χ1) is 8.88. The van der Waals surface area contributed by atoms with Gasteiger partial charge in [-0.15, -0.1) is 0 Å². The van der Waals surface area contributed by atoms with Gasteiger partial charge in [0.15, 0.2) is 5.96 Å². The Labute approximate surface area is 117 Å². The standard InChI is InChI=1S/C14H30N4O/c1-7-9-10-18(6)13(16-8-2)17-11-14(3,4)12(19)15-5/h7-11H2,1-6H3,(H,15,19)(H,16,17). The maximum Gasteiger partial charge on any atom is 0.227 e. The van der Waals surface area contributed by atoms with Gasteiger partial charge in [-0.3, -0.25) is 9.79 Å².